The molecule has 3 heterocycles. The average molecular weight is 477 g/mol. The smallest absolute Gasteiger partial charge is 0.262 e. The van der Waals surface area contributed by atoms with Crippen LogP contribution in [0.15, 0.2) is 57.8 Å². The largest absolute Gasteiger partial charge is 0.437 e. The molecule has 6 nitrogen and oxygen atoms in total. The first-order chi connectivity index (χ1) is 13.6. The molecular weight excluding hydrogens is 467 g/mol. The van der Waals surface area contributed by atoms with Crippen molar-refractivity contribution in [3.8, 4) is 22.2 Å². The van der Waals surface area contributed by atoms with Gasteiger partial charge in [-0.1, -0.05) is 11.3 Å². The molecule has 0 aliphatic heterocycles. The van der Waals surface area contributed by atoms with E-state index in [1.54, 1.807) is 23.5 Å². The molecule has 0 saturated heterocycles. The number of pyridine rings is 1. The maximum absolute atomic E-state index is 13.3. The Morgan fingerprint density at radius 2 is 2.11 bits per heavy atom. The van der Waals surface area contributed by atoms with Gasteiger partial charge in [-0.05, 0) is 57.7 Å². The molecule has 0 spiro atoms. The lowest BCUT2D eigenvalue weighted by Crippen LogP contribution is -2.13. The maximum atomic E-state index is 13.3. The summed E-state index contributed by atoms with van der Waals surface area (Å²) in [6, 6.07) is 9.12. The van der Waals surface area contributed by atoms with Crippen molar-refractivity contribution < 1.29 is 13.9 Å². The zero-order chi connectivity index (χ0) is 19.5. The molecule has 140 valence electrons. The summed E-state index contributed by atoms with van der Waals surface area (Å²) in [5, 5.41) is 15.8. The van der Waals surface area contributed by atoms with Crippen molar-refractivity contribution in [1.29, 1.82) is 0 Å². The number of amides is 1. The van der Waals surface area contributed by atoms with Crippen molar-refractivity contribution in [2.45, 2.75) is 0 Å². The van der Waals surface area contributed by atoms with E-state index in [1.165, 1.54) is 35.7 Å². The normalized spacial score (nSPS) is 10.6. The van der Waals surface area contributed by atoms with Gasteiger partial charge in [-0.15, -0.1) is 10.2 Å². The van der Waals surface area contributed by atoms with E-state index >= 15 is 0 Å². The molecular formula is C18H10BrFN4O2S2. The highest BCUT2D eigenvalue weighted by Crippen LogP contribution is 2.32. The first-order valence-electron chi connectivity index (χ1n) is 7.85. The zero-order valence-electron chi connectivity index (χ0n) is 13.9. The first-order valence-corrected chi connectivity index (χ1v) is 10.4. The Bertz CT molecular complexity index is 1130. The van der Waals surface area contributed by atoms with Crippen LogP contribution in [0.1, 0.15) is 10.4 Å². The lowest BCUT2D eigenvalue weighted by Gasteiger charge is -2.10. The van der Waals surface area contributed by atoms with Crippen LogP contribution in [0, 0.1) is 5.82 Å². The van der Waals surface area contributed by atoms with Gasteiger partial charge in [0, 0.05) is 17.1 Å². The SMILES string of the molecule is O=C(Nc1nnc(-c2ccsc2)s1)c1cccnc1Oc1ccc(F)cc1Br. The van der Waals surface area contributed by atoms with Crippen LogP contribution in [0.3, 0.4) is 0 Å². The molecule has 0 saturated carbocycles. The minimum atomic E-state index is -0.436. The monoisotopic (exact) mass is 476 g/mol. The van der Waals surface area contributed by atoms with E-state index in [-0.39, 0.29) is 11.4 Å². The van der Waals surface area contributed by atoms with Crippen LogP contribution >= 0.6 is 38.6 Å². The number of benzene rings is 1. The highest BCUT2D eigenvalue weighted by Gasteiger charge is 2.18. The summed E-state index contributed by atoms with van der Waals surface area (Å²) in [4.78, 5) is 16.8. The van der Waals surface area contributed by atoms with E-state index in [1.807, 2.05) is 16.8 Å². The van der Waals surface area contributed by atoms with Gasteiger partial charge in [-0.2, -0.15) is 11.3 Å². The molecule has 0 bridgehead atoms. The van der Waals surface area contributed by atoms with Crippen molar-refractivity contribution in [2.75, 3.05) is 5.32 Å². The maximum Gasteiger partial charge on any atom is 0.262 e. The van der Waals surface area contributed by atoms with E-state index in [0.29, 0.717) is 15.4 Å². The van der Waals surface area contributed by atoms with Gasteiger partial charge < -0.3 is 4.74 Å². The second kappa shape index (κ2) is 8.13. The molecule has 0 aliphatic carbocycles. The van der Waals surface area contributed by atoms with Gasteiger partial charge >= 0.3 is 0 Å². The van der Waals surface area contributed by atoms with Gasteiger partial charge in [0.1, 0.15) is 22.1 Å². The average Bonchev–Trinajstić information content (AvgIpc) is 3.36. The summed E-state index contributed by atoms with van der Waals surface area (Å²) in [7, 11) is 0. The third-order valence-electron chi connectivity index (χ3n) is 3.53. The Kier molecular flexibility index (Phi) is 5.42. The summed E-state index contributed by atoms with van der Waals surface area (Å²) in [6.07, 6.45) is 1.50. The first kappa shape index (κ1) is 18.7. The Balaban J connectivity index is 1.55. The number of nitrogens with zero attached hydrogens (tertiary/aromatic N) is 3. The second-order valence-corrected chi connectivity index (χ2v) is 8.02. The quantitative estimate of drug-likeness (QED) is 0.405. The van der Waals surface area contributed by atoms with Crippen molar-refractivity contribution in [1.82, 2.24) is 15.2 Å². The highest BCUT2D eigenvalue weighted by molar-refractivity contribution is 9.10. The van der Waals surface area contributed by atoms with E-state index in [2.05, 4.69) is 36.4 Å². The van der Waals surface area contributed by atoms with Gasteiger partial charge in [0.15, 0.2) is 0 Å². The molecule has 4 aromatic rings. The van der Waals surface area contributed by atoms with Crippen LogP contribution in [0.4, 0.5) is 9.52 Å². The predicted molar refractivity (Wildman–Crippen MR) is 110 cm³/mol. The van der Waals surface area contributed by atoms with E-state index in [0.717, 1.165) is 10.6 Å². The summed E-state index contributed by atoms with van der Waals surface area (Å²) >= 11 is 6.06. The van der Waals surface area contributed by atoms with Gasteiger partial charge in [-0.3, -0.25) is 10.1 Å². The molecule has 10 heteroatoms. The van der Waals surface area contributed by atoms with Crippen LogP contribution in [0.25, 0.3) is 10.6 Å². The van der Waals surface area contributed by atoms with Crippen LogP contribution in [0.5, 0.6) is 11.6 Å². The molecule has 0 fully saturated rings. The van der Waals surface area contributed by atoms with Crippen molar-refractivity contribution in [3.05, 3.63) is 69.2 Å². The number of thiophene rings is 1. The molecule has 0 atom stereocenters. The van der Waals surface area contributed by atoms with E-state index < -0.39 is 11.7 Å². The summed E-state index contributed by atoms with van der Waals surface area (Å²) in [6.45, 7) is 0. The standard InChI is InChI=1S/C18H10BrFN4O2S2/c19-13-8-11(20)3-4-14(13)26-16-12(2-1-6-21-16)15(25)22-18-24-23-17(28-18)10-5-7-27-9-10/h1-9H,(H,22,24,25). The fraction of sp³-hybridized carbons (Fsp3) is 0. The van der Waals surface area contributed by atoms with Crippen molar-refractivity contribution in [2.24, 2.45) is 0 Å². The van der Waals surface area contributed by atoms with Crippen molar-refractivity contribution in [3.63, 3.8) is 0 Å². The third kappa shape index (κ3) is 4.08. The van der Waals surface area contributed by atoms with E-state index in [9.17, 15) is 9.18 Å². The molecule has 4 rings (SSSR count). The lowest BCUT2D eigenvalue weighted by molar-refractivity contribution is 0.102. The van der Waals surface area contributed by atoms with Crippen LogP contribution in [0.2, 0.25) is 0 Å². The summed E-state index contributed by atoms with van der Waals surface area (Å²) in [5.74, 6) is -0.412. The second-order valence-electron chi connectivity index (χ2n) is 5.41. The fourth-order valence-corrected chi connectivity index (χ4v) is 4.13. The van der Waals surface area contributed by atoms with Crippen molar-refractivity contribution >= 4 is 49.6 Å². The van der Waals surface area contributed by atoms with Crippen LogP contribution in [-0.4, -0.2) is 21.1 Å². The number of aromatic nitrogens is 3. The Morgan fingerprint density at radius 1 is 1.21 bits per heavy atom. The molecule has 0 unspecified atom stereocenters. The van der Waals surface area contributed by atoms with Gasteiger partial charge in [-0.25, -0.2) is 9.37 Å². The molecule has 1 N–H and O–H groups in total. The van der Waals surface area contributed by atoms with Crippen LogP contribution in [-0.2, 0) is 0 Å². The fourth-order valence-electron chi connectivity index (χ4n) is 2.25. The number of nitrogens with one attached hydrogen (secondary N) is 1. The molecule has 28 heavy (non-hydrogen) atoms. The highest BCUT2D eigenvalue weighted by atomic mass is 79.9. The predicted octanol–water partition coefficient (Wildman–Crippen LogP) is 5.61. The number of halogens is 2. The number of ether oxygens (including phenoxy) is 1. The molecule has 1 aromatic carbocycles. The zero-order valence-corrected chi connectivity index (χ0v) is 17.1. The number of hydrogen-bond acceptors (Lipinski definition) is 7. The topological polar surface area (TPSA) is 77.0 Å². The van der Waals surface area contributed by atoms with E-state index in [4.69, 9.17) is 4.74 Å². The number of anilines is 1. The molecule has 3 aromatic heterocycles. The Hall–Kier alpha value is -2.69. The van der Waals surface area contributed by atoms with Crippen LogP contribution < -0.4 is 10.1 Å². The Morgan fingerprint density at radius 3 is 2.89 bits per heavy atom. The van der Waals surface area contributed by atoms with Gasteiger partial charge in [0.25, 0.3) is 5.91 Å². The van der Waals surface area contributed by atoms with Gasteiger partial charge in [0.05, 0.1) is 4.47 Å². The minimum absolute atomic E-state index is 0.0925. The molecule has 1 amide bonds. The third-order valence-corrected chi connectivity index (χ3v) is 5.72. The summed E-state index contributed by atoms with van der Waals surface area (Å²) < 4.78 is 19.4. The molecule has 0 radical (unpaired) electrons. The number of carbonyl (C=O) groups is 1. The van der Waals surface area contributed by atoms with Gasteiger partial charge in [0.2, 0.25) is 11.0 Å². The minimum Gasteiger partial charge on any atom is -0.437 e. The number of carbonyl (C=O) groups excluding carboxylic acids is 1. The number of rotatable bonds is 5. The molecule has 0 aliphatic rings. The lowest BCUT2D eigenvalue weighted by atomic mass is 10.2. The number of hydrogen-bond donors (Lipinski definition) is 1. The Labute approximate surface area is 175 Å². The summed E-state index contributed by atoms with van der Waals surface area (Å²) in [5.41, 5.74) is 1.17.